The topological polar surface area (TPSA) is 62.1 Å². The number of hydrogen-bond acceptors (Lipinski definition) is 3. The van der Waals surface area contributed by atoms with Crippen molar-refractivity contribution in [3.05, 3.63) is 99.6 Å². The maximum atomic E-state index is 12.5. The molecule has 0 saturated heterocycles. The Kier molecular flexibility index (Phi) is 6.90. The van der Waals surface area contributed by atoms with E-state index in [1.165, 1.54) is 17.2 Å². The van der Waals surface area contributed by atoms with Crippen LogP contribution in [0.2, 0.25) is 5.02 Å². The molecule has 0 bridgehead atoms. The van der Waals surface area contributed by atoms with Crippen LogP contribution in [-0.2, 0) is 11.4 Å². The Hall–Kier alpha value is -3.55. The number of nitrogens with one attached hydrogen (secondary N) is 1. The number of rotatable bonds is 6. The number of para-hydroxylation sites is 1. The van der Waals surface area contributed by atoms with E-state index in [9.17, 15) is 10.1 Å². The summed E-state index contributed by atoms with van der Waals surface area (Å²) in [4.78, 5) is 12.5. The van der Waals surface area contributed by atoms with Crippen molar-refractivity contribution in [1.82, 2.24) is 0 Å². The normalized spacial score (nSPS) is 10.9. The van der Waals surface area contributed by atoms with E-state index in [2.05, 4.69) is 31.3 Å². The van der Waals surface area contributed by atoms with Gasteiger partial charge in [0.15, 0.2) is 0 Å². The molecule has 0 unspecified atom stereocenters. The molecule has 5 heteroatoms. The summed E-state index contributed by atoms with van der Waals surface area (Å²) in [5.74, 6) is 0.0432. The number of hydrogen-bond donors (Lipinski definition) is 1. The summed E-state index contributed by atoms with van der Waals surface area (Å²) in [7, 11) is 0. The summed E-state index contributed by atoms with van der Waals surface area (Å²) in [5, 5.41) is 12.7. The molecule has 0 aliphatic rings. The van der Waals surface area contributed by atoms with Crippen LogP contribution in [0.1, 0.15) is 22.3 Å². The summed E-state index contributed by atoms with van der Waals surface area (Å²) >= 11 is 6.14. The minimum absolute atomic E-state index is 0.0443. The molecule has 0 aromatic heterocycles. The second-order valence-electron chi connectivity index (χ2n) is 6.88. The van der Waals surface area contributed by atoms with E-state index >= 15 is 0 Å². The fourth-order valence-corrected chi connectivity index (χ4v) is 3.02. The van der Waals surface area contributed by atoms with Crippen molar-refractivity contribution >= 4 is 29.3 Å². The van der Waals surface area contributed by atoms with Crippen LogP contribution in [0.4, 0.5) is 5.69 Å². The van der Waals surface area contributed by atoms with E-state index in [-0.39, 0.29) is 5.57 Å². The van der Waals surface area contributed by atoms with Crippen molar-refractivity contribution in [3.8, 4) is 11.8 Å². The third-order valence-electron chi connectivity index (χ3n) is 4.63. The first-order valence-electron chi connectivity index (χ1n) is 9.43. The van der Waals surface area contributed by atoms with E-state index in [0.29, 0.717) is 28.6 Å². The number of carbonyl (C=O) groups is 1. The van der Waals surface area contributed by atoms with Gasteiger partial charge in [0, 0.05) is 16.3 Å². The maximum absolute atomic E-state index is 12.5. The van der Waals surface area contributed by atoms with Gasteiger partial charge in [-0.2, -0.15) is 5.26 Å². The first kappa shape index (κ1) is 21.2. The zero-order valence-electron chi connectivity index (χ0n) is 16.8. The number of halogens is 1. The molecule has 0 heterocycles. The number of nitriles is 1. The Labute approximate surface area is 181 Å². The Morgan fingerprint density at radius 2 is 1.83 bits per heavy atom. The van der Waals surface area contributed by atoms with E-state index in [1.807, 2.05) is 18.2 Å². The van der Waals surface area contributed by atoms with Gasteiger partial charge in [0.25, 0.3) is 5.91 Å². The lowest BCUT2D eigenvalue weighted by Crippen LogP contribution is -2.13. The molecule has 3 rings (SSSR count). The van der Waals surface area contributed by atoms with E-state index in [0.717, 1.165) is 5.56 Å². The number of anilines is 1. The highest BCUT2D eigenvalue weighted by Gasteiger charge is 2.12. The summed E-state index contributed by atoms with van der Waals surface area (Å²) in [6, 6.07) is 22.2. The SMILES string of the molecule is Cc1ccc(COc2ccc(Cl)cc2/C=C(\C#N)C(=O)Nc2ccccc2)cc1C. The third kappa shape index (κ3) is 5.50. The molecule has 0 aliphatic heterocycles. The highest BCUT2D eigenvalue weighted by atomic mass is 35.5. The van der Waals surface area contributed by atoms with Gasteiger partial charge in [-0.1, -0.05) is 48.0 Å². The van der Waals surface area contributed by atoms with Crippen molar-refractivity contribution in [3.63, 3.8) is 0 Å². The molecule has 0 saturated carbocycles. The fourth-order valence-electron chi connectivity index (χ4n) is 2.84. The average Bonchev–Trinajstić information content (AvgIpc) is 2.74. The van der Waals surface area contributed by atoms with Crippen LogP contribution in [0.25, 0.3) is 6.08 Å². The van der Waals surface area contributed by atoms with Crippen molar-refractivity contribution in [2.24, 2.45) is 0 Å². The third-order valence-corrected chi connectivity index (χ3v) is 4.87. The van der Waals surface area contributed by atoms with Gasteiger partial charge >= 0.3 is 0 Å². The highest BCUT2D eigenvalue weighted by Crippen LogP contribution is 2.27. The van der Waals surface area contributed by atoms with Crippen LogP contribution in [-0.4, -0.2) is 5.91 Å². The van der Waals surface area contributed by atoms with Gasteiger partial charge in [0.1, 0.15) is 24.0 Å². The minimum Gasteiger partial charge on any atom is -0.488 e. The number of amides is 1. The van der Waals surface area contributed by atoms with Crippen molar-refractivity contribution in [2.45, 2.75) is 20.5 Å². The fraction of sp³-hybridized carbons (Fsp3) is 0.120. The molecule has 1 amide bonds. The maximum Gasteiger partial charge on any atom is 0.266 e. The minimum atomic E-state index is -0.496. The molecule has 30 heavy (non-hydrogen) atoms. The van der Waals surface area contributed by atoms with Gasteiger partial charge in [0.2, 0.25) is 0 Å². The number of benzene rings is 3. The van der Waals surface area contributed by atoms with Crippen LogP contribution in [0.5, 0.6) is 5.75 Å². The van der Waals surface area contributed by atoms with E-state index < -0.39 is 5.91 Å². The van der Waals surface area contributed by atoms with Gasteiger partial charge in [-0.15, -0.1) is 0 Å². The predicted octanol–water partition coefficient (Wildman–Crippen LogP) is 6.08. The molecule has 0 atom stereocenters. The monoisotopic (exact) mass is 416 g/mol. The van der Waals surface area contributed by atoms with E-state index in [4.69, 9.17) is 16.3 Å². The average molecular weight is 417 g/mol. The molecule has 1 N–H and O–H groups in total. The summed E-state index contributed by atoms with van der Waals surface area (Å²) < 4.78 is 5.97. The van der Waals surface area contributed by atoms with Crippen LogP contribution >= 0.6 is 11.6 Å². The zero-order valence-corrected chi connectivity index (χ0v) is 17.5. The molecule has 3 aromatic carbocycles. The van der Waals surface area contributed by atoms with Crippen molar-refractivity contribution < 1.29 is 9.53 Å². The van der Waals surface area contributed by atoms with E-state index in [1.54, 1.807) is 42.5 Å². The Bertz CT molecular complexity index is 1130. The molecule has 150 valence electrons. The lowest BCUT2D eigenvalue weighted by molar-refractivity contribution is -0.112. The molecule has 0 aliphatic carbocycles. The second-order valence-corrected chi connectivity index (χ2v) is 7.32. The van der Waals surface area contributed by atoms with Crippen molar-refractivity contribution in [2.75, 3.05) is 5.32 Å². The largest absolute Gasteiger partial charge is 0.488 e. The lowest BCUT2D eigenvalue weighted by atomic mass is 10.1. The summed E-state index contributed by atoms with van der Waals surface area (Å²) in [6.07, 6.45) is 1.49. The number of ether oxygens (including phenoxy) is 1. The van der Waals surface area contributed by atoms with Gasteiger partial charge in [-0.25, -0.2) is 0 Å². The molecule has 3 aromatic rings. The first-order chi connectivity index (χ1) is 14.5. The number of nitrogens with zero attached hydrogens (tertiary/aromatic N) is 1. The Balaban J connectivity index is 1.83. The van der Waals surface area contributed by atoms with Crippen LogP contribution in [0, 0.1) is 25.2 Å². The van der Waals surface area contributed by atoms with Crippen LogP contribution in [0.15, 0.2) is 72.3 Å². The molecule has 0 radical (unpaired) electrons. The number of carbonyl (C=O) groups excluding carboxylic acids is 1. The van der Waals surface area contributed by atoms with Gasteiger partial charge in [-0.05, 0) is 66.9 Å². The van der Waals surface area contributed by atoms with Crippen LogP contribution < -0.4 is 10.1 Å². The Morgan fingerprint density at radius 3 is 2.53 bits per heavy atom. The Morgan fingerprint density at radius 1 is 1.07 bits per heavy atom. The highest BCUT2D eigenvalue weighted by molar-refractivity contribution is 6.30. The standard InChI is InChI=1S/C25H21ClN2O2/c1-17-8-9-19(12-18(17)2)16-30-24-11-10-22(26)14-20(24)13-21(15-27)25(29)28-23-6-4-3-5-7-23/h3-14H,16H2,1-2H3,(H,28,29)/b21-13+. The first-order valence-corrected chi connectivity index (χ1v) is 9.81. The lowest BCUT2D eigenvalue weighted by Gasteiger charge is -2.12. The molecular weight excluding hydrogens is 396 g/mol. The summed E-state index contributed by atoms with van der Waals surface area (Å²) in [5.41, 5.74) is 4.57. The van der Waals surface area contributed by atoms with Gasteiger partial charge < -0.3 is 10.1 Å². The number of aryl methyl sites for hydroxylation is 2. The predicted molar refractivity (Wildman–Crippen MR) is 120 cm³/mol. The van der Waals surface area contributed by atoms with Crippen LogP contribution in [0.3, 0.4) is 0 Å². The smallest absolute Gasteiger partial charge is 0.266 e. The van der Waals surface area contributed by atoms with Gasteiger partial charge in [-0.3, -0.25) is 4.79 Å². The molecular formula is C25H21ClN2O2. The second kappa shape index (κ2) is 9.78. The molecule has 0 fully saturated rings. The van der Waals surface area contributed by atoms with Crippen molar-refractivity contribution in [1.29, 1.82) is 5.26 Å². The molecule has 4 nitrogen and oxygen atoms in total. The zero-order chi connectivity index (χ0) is 21.5. The van der Waals surface area contributed by atoms with Gasteiger partial charge in [0.05, 0.1) is 0 Å². The molecule has 0 spiro atoms. The quantitative estimate of drug-likeness (QED) is 0.391. The summed E-state index contributed by atoms with van der Waals surface area (Å²) in [6.45, 7) is 4.48.